The van der Waals surface area contributed by atoms with Gasteiger partial charge < -0.3 is 27.1 Å². The molecule has 3 aromatic heterocycles. The number of pyridine rings is 1. The molecule has 7 N–H and O–H groups in total. The summed E-state index contributed by atoms with van der Waals surface area (Å²) in [6.45, 7) is 3.60. The highest BCUT2D eigenvalue weighted by atomic mass is 16.1. The number of aromatic nitrogens is 4. The van der Waals surface area contributed by atoms with Crippen molar-refractivity contribution in [1.82, 2.24) is 19.5 Å². The third kappa shape index (κ3) is 3.99. The molecule has 3 heterocycles. The van der Waals surface area contributed by atoms with Crippen LogP contribution in [0.2, 0.25) is 0 Å². The lowest BCUT2D eigenvalue weighted by Gasteiger charge is -2.20. The molecular weight excluding hydrogens is 418 g/mol. The topological polar surface area (TPSA) is 175 Å². The molecule has 1 aromatic carbocycles. The first-order valence-electron chi connectivity index (χ1n) is 10.2. The number of carbonyl (C=O) groups excluding carboxylic acids is 1. The van der Waals surface area contributed by atoms with Gasteiger partial charge in [0.05, 0.1) is 28.5 Å². The van der Waals surface area contributed by atoms with Crippen LogP contribution >= 0.6 is 0 Å². The molecule has 10 heteroatoms. The third-order valence-electron chi connectivity index (χ3n) is 5.43. The van der Waals surface area contributed by atoms with Crippen LogP contribution in [0.25, 0.3) is 22.2 Å². The van der Waals surface area contributed by atoms with Crippen LogP contribution in [0.1, 0.15) is 40.3 Å². The van der Waals surface area contributed by atoms with Crippen LogP contribution in [0.15, 0.2) is 36.5 Å². The standard InChI is InChI=1S/C23H23N9O/c1-11-17(10-24)22(31-23(27)29-11)28-12(2)20-16(9-19-18(30-20)4-5-32(19)3)13-6-14(21(26)33)8-15(25)7-13/h4-9,12H,25H2,1-3H3,(H2,26,33)(H3,27,28,29,31). The lowest BCUT2D eigenvalue weighted by atomic mass is 9.97. The Morgan fingerprint density at radius 1 is 1.18 bits per heavy atom. The van der Waals surface area contributed by atoms with Gasteiger partial charge in [-0.3, -0.25) is 4.79 Å². The Morgan fingerprint density at radius 2 is 1.94 bits per heavy atom. The second-order valence-electron chi connectivity index (χ2n) is 7.83. The highest BCUT2D eigenvalue weighted by Gasteiger charge is 2.20. The quantitative estimate of drug-likeness (QED) is 0.342. The Labute approximate surface area is 190 Å². The van der Waals surface area contributed by atoms with Crippen molar-refractivity contribution < 1.29 is 4.79 Å². The zero-order valence-electron chi connectivity index (χ0n) is 18.4. The minimum absolute atomic E-state index is 0.0647. The van der Waals surface area contributed by atoms with E-state index in [1.54, 1.807) is 19.1 Å². The number of hydrogen-bond acceptors (Lipinski definition) is 8. The number of primary amides is 1. The van der Waals surface area contributed by atoms with E-state index in [1.165, 1.54) is 6.07 Å². The summed E-state index contributed by atoms with van der Waals surface area (Å²) in [5.41, 5.74) is 22.7. The van der Waals surface area contributed by atoms with Crippen LogP contribution in [0.4, 0.5) is 17.5 Å². The first-order valence-corrected chi connectivity index (χ1v) is 10.2. The maximum absolute atomic E-state index is 11.8. The summed E-state index contributed by atoms with van der Waals surface area (Å²) in [6, 6.07) is 10.6. The first kappa shape index (κ1) is 21.6. The Bertz CT molecular complexity index is 1450. The molecule has 0 saturated carbocycles. The van der Waals surface area contributed by atoms with Crippen LogP contribution in [-0.4, -0.2) is 25.4 Å². The lowest BCUT2D eigenvalue weighted by molar-refractivity contribution is 0.100. The molecule has 0 spiro atoms. The fraction of sp³-hybridized carbons (Fsp3) is 0.174. The molecule has 1 unspecified atom stereocenters. The fourth-order valence-corrected chi connectivity index (χ4v) is 3.82. The van der Waals surface area contributed by atoms with E-state index in [9.17, 15) is 10.1 Å². The van der Waals surface area contributed by atoms with Gasteiger partial charge in [-0.1, -0.05) is 0 Å². The van der Waals surface area contributed by atoms with Crippen LogP contribution in [0, 0.1) is 18.3 Å². The molecule has 1 amide bonds. The highest BCUT2D eigenvalue weighted by molar-refractivity contribution is 5.96. The number of nitrogens with two attached hydrogens (primary N) is 3. The molecule has 0 aliphatic heterocycles. The number of aryl methyl sites for hydroxylation is 2. The Kier molecular flexibility index (Phi) is 5.31. The van der Waals surface area contributed by atoms with E-state index in [2.05, 4.69) is 21.4 Å². The summed E-state index contributed by atoms with van der Waals surface area (Å²) in [5.74, 6) is -0.189. The van der Waals surface area contributed by atoms with E-state index < -0.39 is 5.91 Å². The van der Waals surface area contributed by atoms with Crippen LogP contribution in [0.5, 0.6) is 0 Å². The molecule has 4 aromatic rings. The average molecular weight is 441 g/mol. The van der Waals surface area contributed by atoms with Gasteiger partial charge in [-0.25, -0.2) is 9.97 Å². The summed E-state index contributed by atoms with van der Waals surface area (Å²) in [5, 5.41) is 12.8. The van der Waals surface area contributed by atoms with Crippen LogP contribution < -0.4 is 22.5 Å². The van der Waals surface area contributed by atoms with E-state index in [0.717, 1.165) is 16.6 Å². The van der Waals surface area contributed by atoms with E-state index in [1.807, 2.05) is 36.9 Å². The van der Waals surface area contributed by atoms with E-state index >= 15 is 0 Å². The van der Waals surface area contributed by atoms with Crippen molar-refractivity contribution in [3.63, 3.8) is 0 Å². The van der Waals surface area contributed by atoms with Crippen molar-refractivity contribution in [1.29, 1.82) is 5.26 Å². The number of nitrogens with zero attached hydrogens (tertiary/aromatic N) is 5. The van der Waals surface area contributed by atoms with Gasteiger partial charge in [0.25, 0.3) is 0 Å². The monoisotopic (exact) mass is 441 g/mol. The Balaban J connectivity index is 1.90. The van der Waals surface area contributed by atoms with Gasteiger partial charge in [-0.15, -0.1) is 0 Å². The van der Waals surface area contributed by atoms with Crippen molar-refractivity contribution in [3.8, 4) is 17.2 Å². The summed E-state index contributed by atoms with van der Waals surface area (Å²) in [4.78, 5) is 25.0. The number of nitrogens with one attached hydrogen (secondary N) is 1. The van der Waals surface area contributed by atoms with Gasteiger partial charge in [-0.05, 0) is 49.7 Å². The predicted molar refractivity (Wildman–Crippen MR) is 127 cm³/mol. The number of amides is 1. The SMILES string of the molecule is Cc1nc(N)nc(NC(C)c2nc3ccn(C)c3cc2-c2cc(N)cc(C(N)=O)c2)c1C#N. The maximum Gasteiger partial charge on any atom is 0.248 e. The molecular formula is C23H23N9O. The summed E-state index contributed by atoms with van der Waals surface area (Å²) in [6.07, 6.45) is 1.92. The van der Waals surface area contributed by atoms with Gasteiger partial charge in [0, 0.05) is 30.1 Å². The van der Waals surface area contributed by atoms with Crippen molar-refractivity contribution in [3.05, 3.63) is 59.0 Å². The number of hydrogen-bond donors (Lipinski definition) is 4. The average Bonchev–Trinajstić information content (AvgIpc) is 3.12. The van der Waals surface area contributed by atoms with Gasteiger partial charge in [0.2, 0.25) is 11.9 Å². The summed E-state index contributed by atoms with van der Waals surface area (Å²) < 4.78 is 1.96. The number of fused-ring (bicyclic) bond motifs is 1. The molecule has 10 nitrogen and oxygen atoms in total. The number of anilines is 3. The molecule has 166 valence electrons. The first-order chi connectivity index (χ1) is 15.7. The van der Waals surface area contributed by atoms with Crippen molar-refractivity contribution in [2.45, 2.75) is 19.9 Å². The van der Waals surface area contributed by atoms with Crippen molar-refractivity contribution in [2.24, 2.45) is 12.8 Å². The Morgan fingerprint density at radius 3 is 2.64 bits per heavy atom. The second kappa shape index (κ2) is 8.12. The molecule has 0 aliphatic carbocycles. The summed E-state index contributed by atoms with van der Waals surface area (Å²) in [7, 11) is 1.93. The number of rotatable bonds is 5. The van der Waals surface area contributed by atoms with Gasteiger partial charge >= 0.3 is 0 Å². The van der Waals surface area contributed by atoms with Gasteiger partial charge in [0.15, 0.2) is 0 Å². The van der Waals surface area contributed by atoms with Crippen molar-refractivity contribution in [2.75, 3.05) is 16.8 Å². The molecule has 1 atom stereocenters. The van der Waals surface area contributed by atoms with Gasteiger partial charge in [0.1, 0.15) is 17.5 Å². The number of carbonyl (C=O) groups is 1. The van der Waals surface area contributed by atoms with E-state index in [0.29, 0.717) is 39.6 Å². The van der Waals surface area contributed by atoms with E-state index in [4.69, 9.17) is 22.2 Å². The smallest absolute Gasteiger partial charge is 0.248 e. The number of benzene rings is 1. The fourth-order valence-electron chi connectivity index (χ4n) is 3.82. The largest absolute Gasteiger partial charge is 0.399 e. The molecule has 0 fully saturated rings. The summed E-state index contributed by atoms with van der Waals surface area (Å²) >= 11 is 0. The zero-order valence-corrected chi connectivity index (χ0v) is 18.4. The second-order valence-corrected chi connectivity index (χ2v) is 7.83. The predicted octanol–water partition coefficient (Wildman–Crippen LogP) is 2.65. The maximum atomic E-state index is 11.8. The van der Waals surface area contributed by atoms with Gasteiger partial charge in [-0.2, -0.15) is 10.2 Å². The minimum atomic E-state index is -0.574. The number of nitriles is 1. The lowest BCUT2D eigenvalue weighted by Crippen LogP contribution is -2.15. The number of nitrogen functional groups attached to an aromatic ring is 2. The Hall–Kier alpha value is -4.65. The third-order valence-corrected chi connectivity index (χ3v) is 5.43. The molecule has 33 heavy (non-hydrogen) atoms. The molecule has 0 aliphatic rings. The van der Waals surface area contributed by atoms with Crippen LogP contribution in [-0.2, 0) is 7.05 Å². The molecule has 4 rings (SSSR count). The molecule has 0 radical (unpaired) electrons. The van der Waals surface area contributed by atoms with E-state index in [-0.39, 0.29) is 12.0 Å². The molecule has 0 bridgehead atoms. The minimum Gasteiger partial charge on any atom is -0.399 e. The highest BCUT2D eigenvalue weighted by Crippen LogP contribution is 2.34. The van der Waals surface area contributed by atoms with Crippen LogP contribution in [0.3, 0.4) is 0 Å². The molecule has 0 saturated heterocycles. The zero-order chi connectivity index (χ0) is 23.9. The normalized spacial score (nSPS) is 11.8. The van der Waals surface area contributed by atoms with Crippen molar-refractivity contribution >= 4 is 34.4 Å².